The Kier molecular flexibility index (Phi) is 6.57. The molecule has 1 atom stereocenters. The largest absolute Gasteiger partial charge is 0.451 e. The summed E-state index contributed by atoms with van der Waals surface area (Å²) in [5, 5.41) is 9.01. The predicted octanol–water partition coefficient (Wildman–Crippen LogP) is 5.58. The summed E-state index contributed by atoms with van der Waals surface area (Å²) in [6, 6.07) is 2.86. The van der Waals surface area contributed by atoms with Crippen LogP contribution < -0.4 is 5.32 Å². The number of rotatable bonds is 5. The van der Waals surface area contributed by atoms with Crippen LogP contribution in [-0.4, -0.2) is 42.6 Å². The van der Waals surface area contributed by atoms with Crippen LogP contribution in [-0.2, 0) is 6.18 Å². The fourth-order valence-corrected chi connectivity index (χ4v) is 4.75. The number of benzene rings is 1. The van der Waals surface area contributed by atoms with Gasteiger partial charge in [0, 0.05) is 65.0 Å². The zero-order chi connectivity index (χ0) is 27.0. The van der Waals surface area contributed by atoms with Crippen molar-refractivity contribution in [2.45, 2.75) is 26.1 Å². The number of alkyl halides is 3. The molecule has 1 unspecified atom stereocenters. The van der Waals surface area contributed by atoms with Gasteiger partial charge < -0.3 is 10.2 Å². The highest BCUT2D eigenvalue weighted by molar-refractivity contribution is 7.15. The van der Waals surface area contributed by atoms with Crippen LogP contribution in [0.2, 0.25) is 0 Å². The van der Waals surface area contributed by atoms with Crippen molar-refractivity contribution in [1.29, 1.82) is 0 Å². The first-order valence-corrected chi connectivity index (χ1v) is 12.4. The number of amides is 1. The van der Waals surface area contributed by atoms with Gasteiger partial charge in [0.1, 0.15) is 5.01 Å². The van der Waals surface area contributed by atoms with Crippen LogP contribution >= 0.6 is 11.3 Å². The van der Waals surface area contributed by atoms with E-state index in [-0.39, 0.29) is 0 Å². The lowest BCUT2D eigenvalue weighted by Crippen LogP contribution is -2.27. The molecule has 5 rings (SSSR count). The smallest absolute Gasteiger partial charge is 0.355 e. The van der Waals surface area contributed by atoms with Crippen molar-refractivity contribution in [2.24, 2.45) is 0 Å². The zero-order valence-corrected chi connectivity index (χ0v) is 21.4. The molecule has 1 aliphatic heterocycles. The molecule has 0 fully saturated rings. The lowest BCUT2D eigenvalue weighted by atomic mass is 10.0. The number of hydrogen-bond donors (Lipinski definition) is 1. The highest BCUT2D eigenvalue weighted by atomic mass is 32.1. The number of carbonyl (C=O) groups excluding carboxylic acids is 1. The van der Waals surface area contributed by atoms with E-state index in [4.69, 9.17) is 0 Å². The lowest BCUT2D eigenvalue weighted by Gasteiger charge is -2.15. The Morgan fingerprint density at radius 3 is 2.53 bits per heavy atom. The van der Waals surface area contributed by atoms with Gasteiger partial charge in [0.2, 0.25) is 5.82 Å². The lowest BCUT2D eigenvalue weighted by molar-refractivity contribution is -0.145. The molecule has 0 radical (unpaired) electrons. The fourth-order valence-electron chi connectivity index (χ4n) is 3.95. The standard InChI is InChI=1S/C26H22F3N7OS/c1-15-10-30-24(38-15)20-8-17(23(37)34-16(2)18-11-31-25(32-12-18)26(27,28)29)9-22-21(20)13-33-36(22)19-6-4-5-7-35(3)14-19/h4-14,16H,1-3H3,(H,34,37). The second-order valence-electron chi connectivity index (χ2n) is 8.74. The summed E-state index contributed by atoms with van der Waals surface area (Å²) in [7, 11) is 1.91. The van der Waals surface area contributed by atoms with Crippen molar-refractivity contribution in [2.75, 3.05) is 7.05 Å². The summed E-state index contributed by atoms with van der Waals surface area (Å²) in [6.45, 7) is 3.61. The molecular weight excluding hydrogens is 515 g/mol. The molecule has 1 aliphatic rings. The molecule has 4 heterocycles. The van der Waals surface area contributed by atoms with Gasteiger partial charge >= 0.3 is 6.18 Å². The van der Waals surface area contributed by atoms with E-state index in [1.165, 1.54) is 11.3 Å². The molecule has 0 aliphatic carbocycles. The molecule has 0 bridgehead atoms. The van der Waals surface area contributed by atoms with Gasteiger partial charge in [-0.25, -0.2) is 19.6 Å². The number of carbonyl (C=O) groups is 1. The number of aryl methyl sites for hydroxylation is 1. The van der Waals surface area contributed by atoms with Crippen LogP contribution in [0.3, 0.4) is 0 Å². The first-order valence-electron chi connectivity index (χ1n) is 11.5. The molecule has 38 heavy (non-hydrogen) atoms. The normalized spacial score (nSPS) is 14.5. The maximum atomic E-state index is 13.4. The van der Waals surface area contributed by atoms with E-state index in [1.54, 1.807) is 36.1 Å². The van der Waals surface area contributed by atoms with Gasteiger partial charge in [-0.05, 0) is 38.1 Å². The summed E-state index contributed by atoms with van der Waals surface area (Å²) in [6.07, 6.45) is 10.6. The molecule has 8 nitrogen and oxygen atoms in total. The van der Waals surface area contributed by atoms with Crippen molar-refractivity contribution < 1.29 is 18.0 Å². The van der Waals surface area contributed by atoms with Gasteiger partial charge in [-0.1, -0.05) is 6.08 Å². The van der Waals surface area contributed by atoms with Gasteiger partial charge in [0.05, 0.1) is 23.5 Å². The van der Waals surface area contributed by atoms with Crippen LogP contribution in [0.1, 0.15) is 39.6 Å². The molecule has 1 aromatic carbocycles. The zero-order valence-electron chi connectivity index (χ0n) is 20.6. The fraction of sp³-hybridized carbons (Fsp3) is 0.192. The molecule has 194 valence electrons. The van der Waals surface area contributed by atoms with Gasteiger partial charge in [0.15, 0.2) is 0 Å². The van der Waals surface area contributed by atoms with Crippen molar-refractivity contribution in [3.63, 3.8) is 0 Å². The van der Waals surface area contributed by atoms with Crippen molar-refractivity contribution in [3.05, 3.63) is 89.4 Å². The van der Waals surface area contributed by atoms with E-state index in [0.29, 0.717) is 16.6 Å². The summed E-state index contributed by atoms with van der Waals surface area (Å²) >= 11 is 1.50. The van der Waals surface area contributed by atoms with Crippen LogP contribution in [0.25, 0.3) is 27.2 Å². The predicted molar refractivity (Wildman–Crippen MR) is 139 cm³/mol. The second-order valence-corrected chi connectivity index (χ2v) is 9.98. The third-order valence-corrected chi connectivity index (χ3v) is 6.80. The number of fused-ring (bicyclic) bond motifs is 1. The summed E-state index contributed by atoms with van der Waals surface area (Å²) < 4.78 is 40.2. The topological polar surface area (TPSA) is 88.8 Å². The third kappa shape index (κ3) is 5.07. The van der Waals surface area contributed by atoms with E-state index in [2.05, 4.69) is 25.4 Å². The number of thiazole rings is 1. The van der Waals surface area contributed by atoms with Crippen LogP contribution in [0, 0.1) is 6.92 Å². The van der Waals surface area contributed by atoms with Gasteiger partial charge in [0.25, 0.3) is 5.91 Å². The molecule has 3 aromatic heterocycles. The first kappa shape index (κ1) is 25.3. The third-order valence-electron chi connectivity index (χ3n) is 5.86. The highest BCUT2D eigenvalue weighted by Crippen LogP contribution is 2.34. The maximum Gasteiger partial charge on any atom is 0.451 e. The summed E-state index contributed by atoms with van der Waals surface area (Å²) in [4.78, 5) is 27.6. The molecule has 1 N–H and O–H groups in total. The quantitative estimate of drug-likeness (QED) is 0.358. The molecule has 0 spiro atoms. The Balaban J connectivity index is 1.53. The van der Waals surface area contributed by atoms with Crippen LogP contribution in [0.4, 0.5) is 13.2 Å². The maximum absolute atomic E-state index is 13.4. The second kappa shape index (κ2) is 9.86. The molecule has 0 saturated heterocycles. The van der Waals surface area contributed by atoms with E-state index in [0.717, 1.165) is 38.9 Å². The number of nitrogens with zero attached hydrogens (tertiary/aromatic N) is 6. The first-order chi connectivity index (χ1) is 18.1. The van der Waals surface area contributed by atoms with Crippen molar-refractivity contribution in [1.82, 2.24) is 34.9 Å². The molecule has 1 amide bonds. The number of aromatic nitrogens is 5. The Bertz CT molecular complexity index is 1600. The monoisotopic (exact) mass is 537 g/mol. The van der Waals surface area contributed by atoms with Crippen molar-refractivity contribution in [3.8, 4) is 10.6 Å². The summed E-state index contributed by atoms with van der Waals surface area (Å²) in [5.74, 6) is -1.64. The minimum atomic E-state index is -4.64. The Morgan fingerprint density at radius 1 is 1.08 bits per heavy atom. The Hall–Kier alpha value is -4.32. The number of hydrogen-bond acceptors (Lipinski definition) is 7. The highest BCUT2D eigenvalue weighted by Gasteiger charge is 2.34. The molecule has 4 aromatic rings. The average Bonchev–Trinajstić information content (AvgIpc) is 3.44. The van der Waals surface area contributed by atoms with E-state index < -0.39 is 23.9 Å². The summed E-state index contributed by atoms with van der Waals surface area (Å²) in [5.41, 5.74) is 2.95. The van der Waals surface area contributed by atoms with Gasteiger partial charge in [-0.3, -0.25) is 4.79 Å². The average molecular weight is 538 g/mol. The molecule has 0 saturated carbocycles. The van der Waals surface area contributed by atoms with Gasteiger partial charge in [-0.15, -0.1) is 11.3 Å². The number of nitrogens with one attached hydrogen (secondary N) is 1. The van der Waals surface area contributed by atoms with Crippen molar-refractivity contribution >= 4 is 33.8 Å². The minimum Gasteiger partial charge on any atom is -0.355 e. The van der Waals surface area contributed by atoms with E-state index in [9.17, 15) is 18.0 Å². The minimum absolute atomic E-state index is 0.345. The Labute approximate surface area is 219 Å². The SMILES string of the molecule is Cc1cnc(-c2cc(C(=O)NC(C)c3cnc(C(F)(F)F)nc3)cc3c2cnn3C2=CN(C)C=CC=C2)s1. The molecule has 12 heteroatoms. The Morgan fingerprint density at radius 2 is 1.84 bits per heavy atom. The van der Waals surface area contributed by atoms with E-state index >= 15 is 0 Å². The number of halogens is 3. The van der Waals surface area contributed by atoms with E-state index in [1.807, 2.05) is 49.5 Å². The van der Waals surface area contributed by atoms with Gasteiger partial charge in [-0.2, -0.15) is 18.3 Å². The van der Waals surface area contributed by atoms with Crippen LogP contribution in [0.15, 0.2) is 67.5 Å². The van der Waals surface area contributed by atoms with Crippen LogP contribution in [0.5, 0.6) is 0 Å². The molecular formula is C26H22F3N7OS. The number of allylic oxidation sites excluding steroid dienone is 4.